The van der Waals surface area contributed by atoms with Crippen molar-refractivity contribution < 1.29 is 22.2 Å². The van der Waals surface area contributed by atoms with Crippen molar-refractivity contribution >= 4 is 67.2 Å². The largest absolute Gasteiger partial charge is 0.506 e. The molecule has 0 heterocycles. The molecule has 1 amide bonds. The number of aromatic hydroxyl groups is 1. The van der Waals surface area contributed by atoms with Crippen LogP contribution in [0.25, 0.3) is 10.8 Å². The van der Waals surface area contributed by atoms with Crippen LogP contribution in [0.2, 0.25) is 10.0 Å². The molecule has 0 aliphatic heterocycles. The van der Waals surface area contributed by atoms with Crippen LogP contribution in [-0.4, -0.2) is 19.4 Å². The minimum absolute atomic E-state index is 0.105. The number of phenolic OH excluding ortho intramolecular Hbond substituents is 1. The fourth-order valence-corrected chi connectivity index (χ4v) is 3.95. The first kappa shape index (κ1) is 23.6. The molecule has 7 nitrogen and oxygen atoms in total. The quantitative estimate of drug-likeness (QED) is 0.216. The van der Waals surface area contributed by atoms with Crippen molar-refractivity contribution in [3.05, 3.63) is 88.4 Å². The molecule has 2 N–H and O–H groups in total. The van der Waals surface area contributed by atoms with E-state index in [2.05, 4.69) is 15.5 Å². The van der Waals surface area contributed by atoms with E-state index in [-0.39, 0.29) is 22.7 Å². The first-order valence-corrected chi connectivity index (χ1v) is 11.7. The van der Waals surface area contributed by atoms with Gasteiger partial charge in [0, 0.05) is 21.5 Å². The van der Waals surface area contributed by atoms with Gasteiger partial charge in [0.1, 0.15) is 11.4 Å². The van der Waals surface area contributed by atoms with E-state index in [0.717, 1.165) is 12.1 Å². The maximum absolute atomic E-state index is 13.1. The second kappa shape index (κ2) is 9.38. The highest BCUT2D eigenvalue weighted by atomic mass is 35.5. The van der Waals surface area contributed by atoms with Crippen molar-refractivity contribution in [3.8, 4) is 5.75 Å². The molecule has 0 aliphatic carbocycles. The zero-order valence-electron chi connectivity index (χ0n) is 17.0. The number of azo groups is 1. The number of amides is 1. The lowest BCUT2D eigenvalue weighted by Gasteiger charge is -2.11. The zero-order chi connectivity index (χ0) is 24.5. The van der Waals surface area contributed by atoms with E-state index >= 15 is 0 Å². The first-order chi connectivity index (χ1) is 16.1. The van der Waals surface area contributed by atoms with Crippen LogP contribution in [0.4, 0.5) is 20.9 Å². The zero-order valence-corrected chi connectivity index (χ0v) is 19.4. The fraction of sp³-hybridized carbons (Fsp3) is 0. The van der Waals surface area contributed by atoms with E-state index in [1.54, 1.807) is 36.4 Å². The van der Waals surface area contributed by atoms with Crippen molar-refractivity contribution in [2.45, 2.75) is 4.90 Å². The molecule has 172 valence electrons. The summed E-state index contributed by atoms with van der Waals surface area (Å²) in [5.41, 5.74) is 0.694. The molecule has 0 saturated carbocycles. The number of nitrogens with zero attached hydrogens (tertiary/aromatic N) is 2. The van der Waals surface area contributed by atoms with Crippen LogP contribution in [0.15, 0.2) is 87.9 Å². The molecule has 4 aromatic rings. The topological polar surface area (TPSA) is 108 Å². The predicted molar refractivity (Wildman–Crippen MR) is 129 cm³/mol. The number of fused-ring (bicyclic) bond motifs is 1. The van der Waals surface area contributed by atoms with Gasteiger partial charge in [-0.2, -0.15) is 8.42 Å². The van der Waals surface area contributed by atoms with Crippen molar-refractivity contribution in [1.29, 1.82) is 0 Å². The summed E-state index contributed by atoms with van der Waals surface area (Å²) in [6, 6.07) is 17.3. The number of carbonyl (C=O) groups is 1. The molecule has 34 heavy (non-hydrogen) atoms. The van der Waals surface area contributed by atoms with Crippen LogP contribution in [0.3, 0.4) is 0 Å². The Hall–Kier alpha value is -3.53. The monoisotopic (exact) mass is 517 g/mol. The molecular weight excluding hydrogens is 504 g/mol. The molecular formula is C23H14Cl2FN3O4S. The molecule has 0 spiro atoms. The number of benzene rings is 4. The van der Waals surface area contributed by atoms with Crippen LogP contribution < -0.4 is 5.32 Å². The molecule has 4 rings (SSSR count). The summed E-state index contributed by atoms with van der Waals surface area (Å²) in [6.07, 6.45) is 0. The normalized spacial score (nSPS) is 11.7. The van der Waals surface area contributed by atoms with Gasteiger partial charge < -0.3 is 10.4 Å². The Morgan fingerprint density at radius 3 is 2.21 bits per heavy atom. The Labute approximate surface area is 203 Å². The maximum Gasteiger partial charge on any atom is 0.332 e. The number of hydrogen-bond acceptors (Lipinski definition) is 6. The van der Waals surface area contributed by atoms with Gasteiger partial charge in [0.2, 0.25) is 0 Å². The Bertz CT molecular complexity index is 1560. The molecule has 0 unspecified atom stereocenters. The highest BCUT2D eigenvalue weighted by Crippen LogP contribution is 2.38. The number of anilines is 1. The summed E-state index contributed by atoms with van der Waals surface area (Å²) in [6.45, 7) is 0. The minimum Gasteiger partial charge on any atom is -0.506 e. The second-order valence-electron chi connectivity index (χ2n) is 7.05. The molecule has 0 radical (unpaired) electrons. The van der Waals surface area contributed by atoms with Crippen LogP contribution in [0, 0.1) is 0 Å². The summed E-state index contributed by atoms with van der Waals surface area (Å²) in [7, 11) is -4.87. The molecule has 4 aromatic carbocycles. The number of nitrogens with one attached hydrogen (secondary N) is 1. The van der Waals surface area contributed by atoms with E-state index in [1.807, 2.05) is 0 Å². The Balaban J connectivity index is 1.73. The Kier molecular flexibility index (Phi) is 6.52. The summed E-state index contributed by atoms with van der Waals surface area (Å²) < 4.78 is 35.0. The molecule has 0 bridgehead atoms. The molecule has 0 saturated heterocycles. The SMILES string of the molecule is O=C(Nc1ccc(S(=O)(=O)F)cc1)c1cc(N=Nc2cc(Cl)ccc2Cl)c2ccccc2c1O. The van der Waals surface area contributed by atoms with Gasteiger partial charge in [-0.15, -0.1) is 14.1 Å². The van der Waals surface area contributed by atoms with E-state index < -0.39 is 21.0 Å². The van der Waals surface area contributed by atoms with Gasteiger partial charge in [-0.25, -0.2) is 0 Å². The van der Waals surface area contributed by atoms with Crippen LogP contribution in [0.1, 0.15) is 10.4 Å². The molecule has 0 atom stereocenters. The second-order valence-corrected chi connectivity index (χ2v) is 9.24. The smallest absolute Gasteiger partial charge is 0.332 e. The fourth-order valence-electron chi connectivity index (χ4n) is 3.17. The third-order valence-corrected chi connectivity index (χ3v) is 6.20. The molecule has 0 aliphatic rings. The summed E-state index contributed by atoms with van der Waals surface area (Å²) >= 11 is 12.1. The lowest BCUT2D eigenvalue weighted by Crippen LogP contribution is -2.12. The predicted octanol–water partition coefficient (Wildman–Crippen LogP) is 7.18. The highest BCUT2D eigenvalue weighted by molar-refractivity contribution is 7.86. The lowest BCUT2D eigenvalue weighted by atomic mass is 10.0. The number of rotatable bonds is 5. The molecule has 11 heteroatoms. The van der Waals surface area contributed by atoms with E-state index in [4.69, 9.17) is 23.2 Å². The number of halogens is 3. The van der Waals surface area contributed by atoms with Gasteiger partial charge in [0.25, 0.3) is 5.91 Å². The first-order valence-electron chi connectivity index (χ1n) is 9.61. The van der Waals surface area contributed by atoms with Crippen molar-refractivity contribution in [3.63, 3.8) is 0 Å². The van der Waals surface area contributed by atoms with E-state index in [1.165, 1.54) is 24.3 Å². The number of hydrogen-bond donors (Lipinski definition) is 2. The van der Waals surface area contributed by atoms with Gasteiger partial charge in [-0.1, -0.05) is 47.5 Å². The van der Waals surface area contributed by atoms with Crippen molar-refractivity contribution in [2.24, 2.45) is 10.2 Å². The summed E-state index contributed by atoms with van der Waals surface area (Å²) in [5.74, 6) is -0.979. The summed E-state index contributed by atoms with van der Waals surface area (Å²) in [4.78, 5) is 12.4. The molecule has 0 aromatic heterocycles. The highest BCUT2D eigenvalue weighted by Gasteiger charge is 2.18. The van der Waals surface area contributed by atoms with Gasteiger partial charge in [-0.05, 0) is 48.5 Å². The van der Waals surface area contributed by atoms with Gasteiger partial charge in [0.05, 0.1) is 21.2 Å². The third-order valence-electron chi connectivity index (χ3n) is 4.81. The van der Waals surface area contributed by atoms with E-state index in [0.29, 0.717) is 26.5 Å². The van der Waals surface area contributed by atoms with Gasteiger partial charge in [0.15, 0.2) is 0 Å². The van der Waals surface area contributed by atoms with Crippen LogP contribution in [0.5, 0.6) is 5.75 Å². The molecule has 0 fully saturated rings. The van der Waals surface area contributed by atoms with E-state index in [9.17, 15) is 22.2 Å². The van der Waals surface area contributed by atoms with Gasteiger partial charge >= 0.3 is 10.2 Å². The average molecular weight is 518 g/mol. The summed E-state index contributed by atoms with van der Waals surface area (Å²) in [5, 5.41) is 23.3. The Morgan fingerprint density at radius 1 is 0.882 bits per heavy atom. The maximum atomic E-state index is 13.1. The Morgan fingerprint density at radius 2 is 1.53 bits per heavy atom. The van der Waals surface area contributed by atoms with Gasteiger partial charge in [-0.3, -0.25) is 4.79 Å². The number of carbonyl (C=O) groups excluding carboxylic acids is 1. The average Bonchev–Trinajstić information content (AvgIpc) is 2.80. The lowest BCUT2D eigenvalue weighted by molar-refractivity contribution is 0.102. The van der Waals surface area contributed by atoms with Crippen LogP contribution >= 0.6 is 23.2 Å². The number of phenols is 1. The standard InChI is InChI=1S/C23H14Cl2FN3O4S/c24-13-5-10-19(25)21(11-13)29-28-20-12-18(22(30)17-4-2-1-3-16(17)20)23(31)27-14-6-8-15(9-7-14)34(26,32)33/h1-12,30H,(H,27,31). The minimum atomic E-state index is -4.87. The van der Waals surface area contributed by atoms with Crippen molar-refractivity contribution in [2.75, 3.05) is 5.32 Å². The third kappa shape index (κ3) is 5.01. The van der Waals surface area contributed by atoms with Crippen molar-refractivity contribution in [1.82, 2.24) is 0 Å². The van der Waals surface area contributed by atoms with Crippen LogP contribution in [-0.2, 0) is 10.2 Å².